The van der Waals surface area contributed by atoms with Crippen LogP contribution in [-0.4, -0.2) is 17.7 Å². The summed E-state index contributed by atoms with van der Waals surface area (Å²) in [7, 11) is 0. The molecule has 1 N–H and O–H groups in total. The fraction of sp³-hybridized carbons (Fsp3) is 0.533. The molecule has 0 radical (unpaired) electrons. The van der Waals surface area contributed by atoms with E-state index in [1.807, 2.05) is 12.1 Å². The van der Waals surface area contributed by atoms with Crippen LogP contribution in [0.1, 0.15) is 44.4 Å². The normalized spacial score (nSPS) is 24.9. The molecular weight excluding hydrogens is 224 g/mol. The number of rotatable bonds is 2. The van der Waals surface area contributed by atoms with Crippen LogP contribution in [0, 0.1) is 17.2 Å². The molecule has 3 heteroatoms. The number of anilines is 1. The minimum absolute atomic E-state index is 0.464. The first-order valence-corrected chi connectivity index (χ1v) is 6.51. The van der Waals surface area contributed by atoms with Crippen LogP contribution in [0.25, 0.3) is 0 Å². The van der Waals surface area contributed by atoms with Gasteiger partial charge >= 0.3 is 0 Å². The number of hydrogen-bond acceptors (Lipinski definition) is 3. The van der Waals surface area contributed by atoms with Crippen LogP contribution in [0.15, 0.2) is 18.2 Å². The van der Waals surface area contributed by atoms with Gasteiger partial charge in [-0.05, 0) is 38.3 Å². The second kappa shape index (κ2) is 4.99. The smallest absolute Gasteiger partial charge is 0.0992 e. The summed E-state index contributed by atoms with van der Waals surface area (Å²) < 4.78 is 0. The number of nitriles is 1. The zero-order chi connectivity index (χ0) is 13.3. The van der Waals surface area contributed by atoms with Gasteiger partial charge < -0.3 is 10.0 Å². The summed E-state index contributed by atoms with van der Waals surface area (Å²) >= 11 is 0. The van der Waals surface area contributed by atoms with Crippen LogP contribution < -0.4 is 4.90 Å². The van der Waals surface area contributed by atoms with Gasteiger partial charge in [0.1, 0.15) is 0 Å². The summed E-state index contributed by atoms with van der Waals surface area (Å²) in [6.45, 7) is 7.21. The van der Waals surface area contributed by atoms with Gasteiger partial charge in [-0.25, -0.2) is 0 Å². The van der Waals surface area contributed by atoms with E-state index in [9.17, 15) is 5.11 Å². The molecule has 1 aromatic carbocycles. The predicted molar refractivity (Wildman–Crippen MR) is 72.4 cm³/mol. The van der Waals surface area contributed by atoms with Crippen LogP contribution >= 0.6 is 0 Å². The molecule has 96 valence electrons. The van der Waals surface area contributed by atoms with Crippen LogP contribution in [0.4, 0.5) is 5.69 Å². The number of aliphatic hydroxyl groups is 1. The molecule has 3 atom stereocenters. The van der Waals surface area contributed by atoms with Gasteiger partial charge in [0.05, 0.1) is 17.7 Å². The van der Waals surface area contributed by atoms with E-state index in [-0.39, 0.29) is 0 Å². The molecule has 1 aromatic rings. The van der Waals surface area contributed by atoms with Gasteiger partial charge in [-0.3, -0.25) is 0 Å². The average molecular weight is 244 g/mol. The summed E-state index contributed by atoms with van der Waals surface area (Å²) in [5.41, 5.74) is 2.58. The van der Waals surface area contributed by atoms with Gasteiger partial charge in [0.2, 0.25) is 0 Å². The van der Waals surface area contributed by atoms with Gasteiger partial charge in [-0.15, -0.1) is 0 Å². The standard InChI is InChI=1S/C15H20N2O/c1-10-6-11(2)17(9-10)15-7-13(8-16)4-5-14(15)12(3)18/h4-5,7,10-12,18H,6,9H2,1-3H3. The monoisotopic (exact) mass is 244 g/mol. The molecule has 0 aromatic heterocycles. The van der Waals surface area contributed by atoms with E-state index in [2.05, 4.69) is 24.8 Å². The van der Waals surface area contributed by atoms with Crippen molar-refractivity contribution in [3.05, 3.63) is 29.3 Å². The van der Waals surface area contributed by atoms with Gasteiger partial charge in [0.15, 0.2) is 0 Å². The van der Waals surface area contributed by atoms with E-state index in [0.29, 0.717) is 17.5 Å². The van der Waals surface area contributed by atoms with E-state index >= 15 is 0 Å². The molecule has 0 bridgehead atoms. The van der Waals surface area contributed by atoms with Crippen molar-refractivity contribution >= 4 is 5.69 Å². The SMILES string of the molecule is CC1CC(C)N(c2cc(C#N)ccc2C(C)O)C1. The highest BCUT2D eigenvalue weighted by Gasteiger charge is 2.28. The van der Waals surface area contributed by atoms with Crippen molar-refractivity contribution in [3.8, 4) is 6.07 Å². The maximum absolute atomic E-state index is 9.87. The number of nitrogens with zero attached hydrogens (tertiary/aromatic N) is 2. The third-order valence-electron chi connectivity index (χ3n) is 3.70. The first kappa shape index (κ1) is 12.9. The molecule has 1 saturated heterocycles. The maximum Gasteiger partial charge on any atom is 0.0992 e. The van der Waals surface area contributed by atoms with Crippen molar-refractivity contribution in [1.82, 2.24) is 0 Å². The molecule has 0 aliphatic carbocycles. The minimum Gasteiger partial charge on any atom is -0.389 e. The van der Waals surface area contributed by atoms with Crippen molar-refractivity contribution < 1.29 is 5.11 Å². The summed E-state index contributed by atoms with van der Waals surface area (Å²) in [6.07, 6.45) is 0.659. The van der Waals surface area contributed by atoms with E-state index in [4.69, 9.17) is 5.26 Å². The number of hydrogen-bond donors (Lipinski definition) is 1. The Kier molecular flexibility index (Phi) is 3.58. The first-order chi connectivity index (χ1) is 8.52. The quantitative estimate of drug-likeness (QED) is 0.870. The highest BCUT2D eigenvalue weighted by molar-refractivity contribution is 5.59. The topological polar surface area (TPSA) is 47.3 Å². The van der Waals surface area contributed by atoms with Gasteiger partial charge in [0.25, 0.3) is 0 Å². The zero-order valence-corrected chi connectivity index (χ0v) is 11.2. The number of benzene rings is 1. The van der Waals surface area contributed by atoms with Crippen molar-refractivity contribution in [2.45, 2.75) is 39.3 Å². The van der Waals surface area contributed by atoms with Crippen molar-refractivity contribution in [2.75, 3.05) is 11.4 Å². The second-order valence-electron chi connectivity index (χ2n) is 5.40. The third kappa shape index (κ3) is 2.34. The highest BCUT2D eigenvalue weighted by Crippen LogP contribution is 2.34. The Morgan fingerprint density at radius 2 is 2.17 bits per heavy atom. The predicted octanol–water partition coefficient (Wildman–Crippen LogP) is 2.85. The largest absolute Gasteiger partial charge is 0.389 e. The van der Waals surface area contributed by atoms with Gasteiger partial charge in [-0.2, -0.15) is 5.26 Å². The van der Waals surface area contributed by atoms with Crippen LogP contribution in [0.5, 0.6) is 0 Å². The molecule has 0 amide bonds. The lowest BCUT2D eigenvalue weighted by Crippen LogP contribution is -2.28. The average Bonchev–Trinajstić information content (AvgIpc) is 2.67. The Morgan fingerprint density at radius 3 is 2.67 bits per heavy atom. The summed E-state index contributed by atoms with van der Waals surface area (Å²) in [6, 6.07) is 8.18. The summed E-state index contributed by atoms with van der Waals surface area (Å²) in [4.78, 5) is 2.31. The lowest BCUT2D eigenvalue weighted by Gasteiger charge is -2.27. The van der Waals surface area contributed by atoms with Crippen molar-refractivity contribution in [3.63, 3.8) is 0 Å². The molecule has 1 aliphatic heterocycles. The zero-order valence-electron chi connectivity index (χ0n) is 11.2. The molecule has 0 saturated carbocycles. The Bertz CT molecular complexity index is 476. The summed E-state index contributed by atoms with van der Waals surface area (Å²) in [5.74, 6) is 0.660. The Labute approximate surface area is 109 Å². The third-order valence-corrected chi connectivity index (χ3v) is 3.70. The lowest BCUT2D eigenvalue weighted by molar-refractivity contribution is 0.199. The lowest BCUT2D eigenvalue weighted by atomic mass is 10.0. The molecule has 2 rings (SSSR count). The highest BCUT2D eigenvalue weighted by atomic mass is 16.3. The van der Waals surface area contributed by atoms with Crippen LogP contribution in [0.2, 0.25) is 0 Å². The minimum atomic E-state index is -0.504. The molecule has 0 spiro atoms. The van der Waals surface area contributed by atoms with E-state index in [0.717, 1.165) is 24.2 Å². The Balaban J connectivity index is 2.44. The molecule has 3 unspecified atom stereocenters. The summed E-state index contributed by atoms with van der Waals surface area (Å²) in [5, 5.41) is 18.9. The second-order valence-corrected chi connectivity index (χ2v) is 5.40. The molecular formula is C15H20N2O. The van der Waals surface area contributed by atoms with Crippen LogP contribution in [-0.2, 0) is 0 Å². The van der Waals surface area contributed by atoms with Crippen LogP contribution in [0.3, 0.4) is 0 Å². The molecule has 18 heavy (non-hydrogen) atoms. The fourth-order valence-corrected chi connectivity index (χ4v) is 2.85. The first-order valence-electron chi connectivity index (χ1n) is 6.51. The van der Waals surface area contributed by atoms with Crippen molar-refractivity contribution in [2.24, 2.45) is 5.92 Å². The van der Waals surface area contributed by atoms with E-state index in [1.165, 1.54) is 0 Å². The number of aliphatic hydroxyl groups excluding tert-OH is 1. The fourth-order valence-electron chi connectivity index (χ4n) is 2.85. The molecule has 1 aliphatic rings. The van der Waals surface area contributed by atoms with Gasteiger partial charge in [0, 0.05) is 23.8 Å². The molecule has 1 fully saturated rings. The molecule has 3 nitrogen and oxygen atoms in total. The molecule has 1 heterocycles. The maximum atomic E-state index is 9.87. The van der Waals surface area contributed by atoms with Crippen molar-refractivity contribution in [1.29, 1.82) is 5.26 Å². The Morgan fingerprint density at radius 1 is 1.44 bits per heavy atom. The Hall–Kier alpha value is -1.53. The van der Waals surface area contributed by atoms with E-state index < -0.39 is 6.10 Å². The van der Waals surface area contributed by atoms with Gasteiger partial charge in [-0.1, -0.05) is 13.0 Å². The van der Waals surface area contributed by atoms with E-state index in [1.54, 1.807) is 13.0 Å².